The summed E-state index contributed by atoms with van der Waals surface area (Å²) in [6, 6.07) is 0. The van der Waals surface area contributed by atoms with Crippen LogP contribution in [-0.4, -0.2) is 11.5 Å². The van der Waals surface area contributed by atoms with Crippen molar-refractivity contribution in [1.82, 2.24) is 0 Å². The molecular formula is C13H28S. The first kappa shape index (κ1) is 14.3. The van der Waals surface area contributed by atoms with Crippen LogP contribution in [0.1, 0.15) is 60.3 Å². The van der Waals surface area contributed by atoms with Crippen LogP contribution in [0.5, 0.6) is 0 Å². The van der Waals surface area contributed by atoms with Gasteiger partial charge in [0.25, 0.3) is 0 Å². The lowest BCUT2D eigenvalue weighted by Crippen LogP contribution is -2.25. The van der Waals surface area contributed by atoms with Gasteiger partial charge in [-0.05, 0) is 35.7 Å². The lowest BCUT2D eigenvalue weighted by Gasteiger charge is -2.35. The second kappa shape index (κ2) is 7.62. The first-order valence-corrected chi connectivity index (χ1v) is 7.33. The van der Waals surface area contributed by atoms with Crippen molar-refractivity contribution >= 4 is 11.8 Å². The van der Waals surface area contributed by atoms with Crippen molar-refractivity contribution in [3.05, 3.63) is 0 Å². The lowest BCUT2D eigenvalue weighted by molar-refractivity contribution is 0.170. The summed E-state index contributed by atoms with van der Waals surface area (Å²) in [5, 5.41) is 0. The first-order chi connectivity index (χ1) is 6.60. The highest BCUT2D eigenvalue weighted by molar-refractivity contribution is 7.99. The van der Waals surface area contributed by atoms with E-state index in [2.05, 4.69) is 46.4 Å². The van der Waals surface area contributed by atoms with Gasteiger partial charge < -0.3 is 0 Å². The summed E-state index contributed by atoms with van der Waals surface area (Å²) in [7, 11) is 0. The highest BCUT2D eigenvalue weighted by atomic mass is 32.2. The number of thioether (sulfide) groups is 1. The molecule has 0 saturated heterocycles. The lowest BCUT2D eigenvalue weighted by atomic mass is 9.71. The molecule has 0 aromatic carbocycles. The summed E-state index contributed by atoms with van der Waals surface area (Å²) >= 11 is 2.09. The van der Waals surface area contributed by atoms with Crippen LogP contribution in [0.2, 0.25) is 0 Å². The average Bonchev–Trinajstić information content (AvgIpc) is 2.17. The normalized spacial score (nSPS) is 17.8. The summed E-state index contributed by atoms with van der Waals surface area (Å²) in [5.74, 6) is 3.49. The van der Waals surface area contributed by atoms with Crippen molar-refractivity contribution in [2.45, 2.75) is 60.3 Å². The van der Waals surface area contributed by atoms with E-state index in [1.54, 1.807) is 0 Å². The van der Waals surface area contributed by atoms with Crippen molar-refractivity contribution in [2.24, 2.45) is 11.3 Å². The van der Waals surface area contributed by atoms with Crippen LogP contribution in [-0.2, 0) is 0 Å². The molecule has 0 heterocycles. The van der Waals surface area contributed by atoms with E-state index in [4.69, 9.17) is 0 Å². The Hall–Kier alpha value is 0.350. The molecule has 0 amide bonds. The fourth-order valence-electron chi connectivity index (χ4n) is 2.13. The molecular weight excluding hydrogens is 188 g/mol. The fourth-order valence-corrected chi connectivity index (χ4v) is 3.03. The molecule has 1 heteroatoms. The molecule has 0 nitrogen and oxygen atoms in total. The quantitative estimate of drug-likeness (QED) is 0.516. The van der Waals surface area contributed by atoms with Crippen molar-refractivity contribution < 1.29 is 0 Å². The van der Waals surface area contributed by atoms with Gasteiger partial charge in [0.2, 0.25) is 0 Å². The zero-order chi connectivity index (χ0) is 11.0. The molecule has 0 radical (unpaired) electrons. The summed E-state index contributed by atoms with van der Waals surface area (Å²) in [5.41, 5.74) is 0.589. The Morgan fingerprint density at radius 1 is 1.14 bits per heavy atom. The molecule has 0 bridgehead atoms. The van der Waals surface area contributed by atoms with Gasteiger partial charge in [-0.1, -0.05) is 47.5 Å². The molecule has 0 aliphatic rings. The van der Waals surface area contributed by atoms with Crippen molar-refractivity contribution in [3.8, 4) is 0 Å². The predicted octanol–water partition coefficient (Wildman–Crippen LogP) is 4.98. The molecule has 0 saturated carbocycles. The number of hydrogen-bond donors (Lipinski definition) is 0. The van der Waals surface area contributed by atoms with Crippen molar-refractivity contribution in [3.63, 3.8) is 0 Å². The van der Waals surface area contributed by atoms with Gasteiger partial charge in [0.15, 0.2) is 0 Å². The van der Waals surface area contributed by atoms with Gasteiger partial charge in [0.1, 0.15) is 0 Å². The number of hydrogen-bond acceptors (Lipinski definition) is 1. The average molecular weight is 216 g/mol. The van der Waals surface area contributed by atoms with E-state index >= 15 is 0 Å². The van der Waals surface area contributed by atoms with Crippen LogP contribution in [0.4, 0.5) is 0 Å². The predicted molar refractivity (Wildman–Crippen MR) is 70.1 cm³/mol. The van der Waals surface area contributed by atoms with Gasteiger partial charge in [-0.3, -0.25) is 0 Å². The molecule has 0 aliphatic heterocycles. The van der Waals surface area contributed by atoms with E-state index in [1.807, 2.05) is 0 Å². The molecule has 14 heavy (non-hydrogen) atoms. The summed E-state index contributed by atoms with van der Waals surface area (Å²) in [6.45, 7) is 11.8. The third-order valence-corrected chi connectivity index (χ3v) is 4.55. The fraction of sp³-hybridized carbons (Fsp3) is 1.00. The second-order valence-electron chi connectivity index (χ2n) is 4.66. The number of rotatable bonds is 8. The Labute approximate surface area is 95.2 Å². The topological polar surface area (TPSA) is 0 Å². The summed E-state index contributed by atoms with van der Waals surface area (Å²) in [6.07, 6.45) is 5.45. The van der Waals surface area contributed by atoms with E-state index in [0.717, 1.165) is 5.92 Å². The van der Waals surface area contributed by atoms with Crippen LogP contribution < -0.4 is 0 Å². The van der Waals surface area contributed by atoms with Crippen LogP contribution in [0.25, 0.3) is 0 Å². The van der Waals surface area contributed by atoms with Crippen LogP contribution in [0.15, 0.2) is 0 Å². The zero-order valence-electron chi connectivity index (χ0n) is 10.7. The van der Waals surface area contributed by atoms with Crippen molar-refractivity contribution in [2.75, 3.05) is 11.5 Å². The minimum absolute atomic E-state index is 0.589. The summed E-state index contributed by atoms with van der Waals surface area (Å²) < 4.78 is 0. The highest BCUT2D eigenvalue weighted by Crippen LogP contribution is 2.38. The molecule has 0 aromatic rings. The molecule has 0 spiro atoms. The van der Waals surface area contributed by atoms with Crippen LogP contribution in [0, 0.1) is 11.3 Å². The Morgan fingerprint density at radius 2 is 1.79 bits per heavy atom. The largest absolute Gasteiger partial charge is 0.162 e. The second-order valence-corrected chi connectivity index (χ2v) is 6.05. The van der Waals surface area contributed by atoms with E-state index < -0.39 is 0 Å². The van der Waals surface area contributed by atoms with Gasteiger partial charge in [-0.2, -0.15) is 11.8 Å². The van der Waals surface area contributed by atoms with Gasteiger partial charge in [-0.15, -0.1) is 0 Å². The molecule has 86 valence electrons. The molecule has 0 fully saturated rings. The van der Waals surface area contributed by atoms with E-state index in [9.17, 15) is 0 Å². The molecule has 0 aliphatic carbocycles. The smallest absolute Gasteiger partial charge is 0.00624 e. The molecule has 0 aromatic heterocycles. The maximum atomic E-state index is 2.49. The molecule has 0 N–H and O–H groups in total. The van der Waals surface area contributed by atoms with Crippen LogP contribution >= 0.6 is 11.8 Å². The maximum absolute atomic E-state index is 2.49. The molecule has 2 atom stereocenters. The van der Waals surface area contributed by atoms with Gasteiger partial charge in [0, 0.05) is 0 Å². The van der Waals surface area contributed by atoms with Gasteiger partial charge in [0.05, 0.1) is 0 Å². The van der Waals surface area contributed by atoms with E-state index in [1.165, 1.54) is 37.2 Å². The van der Waals surface area contributed by atoms with Gasteiger partial charge >= 0.3 is 0 Å². The highest BCUT2D eigenvalue weighted by Gasteiger charge is 2.28. The zero-order valence-corrected chi connectivity index (χ0v) is 11.5. The first-order valence-electron chi connectivity index (χ1n) is 6.18. The monoisotopic (exact) mass is 216 g/mol. The third kappa shape index (κ3) is 4.72. The Kier molecular flexibility index (Phi) is 7.81. The maximum Gasteiger partial charge on any atom is -0.00624 e. The summed E-state index contributed by atoms with van der Waals surface area (Å²) in [4.78, 5) is 0. The standard InChI is InChI=1S/C13H28S/c1-6-9-13(5,12(4)7-2)10-11-14-8-3/h12H,6-11H2,1-5H3. The Balaban J connectivity index is 4.08. The van der Waals surface area contributed by atoms with Gasteiger partial charge in [-0.25, -0.2) is 0 Å². The SMILES string of the molecule is CCCC(C)(CCSCC)C(C)CC. The Bertz CT molecular complexity index is 133. The van der Waals surface area contributed by atoms with Crippen molar-refractivity contribution in [1.29, 1.82) is 0 Å². The van der Waals surface area contributed by atoms with Crippen LogP contribution in [0.3, 0.4) is 0 Å². The van der Waals surface area contributed by atoms with E-state index in [-0.39, 0.29) is 0 Å². The minimum Gasteiger partial charge on any atom is -0.162 e. The minimum atomic E-state index is 0.589. The molecule has 0 rings (SSSR count). The van der Waals surface area contributed by atoms with E-state index in [0.29, 0.717) is 5.41 Å². The molecule has 2 unspecified atom stereocenters. The third-order valence-electron chi connectivity index (χ3n) is 3.64. The Morgan fingerprint density at radius 3 is 2.21 bits per heavy atom.